The van der Waals surface area contributed by atoms with Crippen LogP contribution in [0.1, 0.15) is 37.5 Å². The number of nitrogens with two attached hydrogens (primary N) is 1. The van der Waals surface area contributed by atoms with Gasteiger partial charge in [-0.25, -0.2) is 0 Å². The SMILES string of the molecule is CCCN1CCCC(CN)(N(C)Cc2cc(Br)cs2)CC1. The van der Waals surface area contributed by atoms with E-state index in [0.717, 1.165) is 13.1 Å². The Labute approximate surface area is 141 Å². The van der Waals surface area contributed by atoms with Crippen LogP contribution in [0.5, 0.6) is 0 Å². The summed E-state index contributed by atoms with van der Waals surface area (Å²) < 4.78 is 1.19. The molecule has 3 nitrogen and oxygen atoms in total. The molecule has 1 saturated heterocycles. The Morgan fingerprint density at radius 1 is 1.43 bits per heavy atom. The summed E-state index contributed by atoms with van der Waals surface area (Å²) in [6.45, 7) is 7.67. The highest BCUT2D eigenvalue weighted by atomic mass is 79.9. The first kappa shape index (κ1) is 17.4. The molecule has 2 rings (SSSR count). The van der Waals surface area contributed by atoms with Crippen molar-refractivity contribution in [3.05, 3.63) is 20.8 Å². The summed E-state index contributed by atoms with van der Waals surface area (Å²) in [6, 6.07) is 2.23. The number of halogens is 1. The van der Waals surface area contributed by atoms with Crippen LogP contribution in [0.15, 0.2) is 15.9 Å². The minimum atomic E-state index is 0.166. The molecule has 1 aromatic rings. The van der Waals surface area contributed by atoms with E-state index in [2.05, 4.69) is 51.1 Å². The largest absolute Gasteiger partial charge is 0.329 e. The van der Waals surface area contributed by atoms with Crippen molar-refractivity contribution in [1.29, 1.82) is 0 Å². The summed E-state index contributed by atoms with van der Waals surface area (Å²) in [5.41, 5.74) is 6.39. The number of likely N-dealkylation sites (tertiary alicyclic amines) is 1. The van der Waals surface area contributed by atoms with E-state index >= 15 is 0 Å². The Morgan fingerprint density at radius 2 is 2.24 bits per heavy atom. The van der Waals surface area contributed by atoms with Crippen LogP contribution in [0.3, 0.4) is 0 Å². The highest BCUT2D eigenvalue weighted by molar-refractivity contribution is 9.10. The summed E-state index contributed by atoms with van der Waals surface area (Å²) >= 11 is 5.37. The molecule has 0 bridgehead atoms. The van der Waals surface area contributed by atoms with Crippen LogP contribution in [-0.4, -0.2) is 48.6 Å². The fourth-order valence-electron chi connectivity index (χ4n) is 3.35. The van der Waals surface area contributed by atoms with Gasteiger partial charge in [0.1, 0.15) is 0 Å². The van der Waals surface area contributed by atoms with E-state index in [9.17, 15) is 0 Å². The molecule has 1 unspecified atom stereocenters. The average Bonchev–Trinajstić information content (AvgIpc) is 2.75. The predicted molar refractivity (Wildman–Crippen MR) is 95.9 cm³/mol. The van der Waals surface area contributed by atoms with Gasteiger partial charge in [-0.2, -0.15) is 0 Å². The van der Waals surface area contributed by atoms with E-state index in [1.807, 2.05) is 11.3 Å². The molecule has 1 aromatic heterocycles. The molecule has 0 saturated carbocycles. The van der Waals surface area contributed by atoms with Crippen LogP contribution in [0.4, 0.5) is 0 Å². The quantitative estimate of drug-likeness (QED) is 0.827. The molecule has 120 valence electrons. The summed E-state index contributed by atoms with van der Waals surface area (Å²) in [5.74, 6) is 0. The number of likely N-dealkylation sites (N-methyl/N-ethyl adjacent to an activating group) is 1. The first-order chi connectivity index (χ1) is 10.1. The third-order valence-electron chi connectivity index (χ3n) is 4.75. The molecule has 0 aliphatic carbocycles. The second kappa shape index (κ2) is 8.06. The molecule has 2 heterocycles. The highest BCUT2D eigenvalue weighted by Crippen LogP contribution is 2.30. The van der Waals surface area contributed by atoms with Gasteiger partial charge in [0.05, 0.1) is 0 Å². The van der Waals surface area contributed by atoms with Crippen LogP contribution < -0.4 is 5.73 Å². The van der Waals surface area contributed by atoms with Crippen LogP contribution in [-0.2, 0) is 6.54 Å². The molecule has 1 aliphatic heterocycles. The fraction of sp³-hybridized carbons (Fsp3) is 0.750. The molecule has 21 heavy (non-hydrogen) atoms. The zero-order valence-electron chi connectivity index (χ0n) is 13.3. The van der Waals surface area contributed by atoms with Crippen molar-refractivity contribution in [3.63, 3.8) is 0 Å². The standard InChI is InChI=1S/C16H28BrN3S/c1-3-7-20-8-4-5-16(13-18,6-9-20)19(2)11-15-10-14(17)12-21-15/h10,12H,3-9,11,13,18H2,1-2H3. The monoisotopic (exact) mass is 373 g/mol. The van der Waals surface area contributed by atoms with E-state index in [1.165, 1.54) is 54.7 Å². The normalized spacial score (nSPS) is 24.4. The lowest BCUT2D eigenvalue weighted by Crippen LogP contribution is -2.52. The Hall–Kier alpha value is 0.0600. The van der Waals surface area contributed by atoms with Gasteiger partial charge in [-0.1, -0.05) is 6.92 Å². The lowest BCUT2D eigenvalue weighted by Gasteiger charge is -2.40. The Bertz CT molecular complexity index is 437. The second-order valence-corrected chi connectivity index (χ2v) is 8.12. The van der Waals surface area contributed by atoms with Crippen molar-refractivity contribution in [1.82, 2.24) is 9.80 Å². The molecule has 0 amide bonds. The van der Waals surface area contributed by atoms with Crippen LogP contribution in [0.25, 0.3) is 0 Å². The van der Waals surface area contributed by atoms with E-state index in [1.54, 1.807) is 0 Å². The van der Waals surface area contributed by atoms with E-state index in [4.69, 9.17) is 5.73 Å². The van der Waals surface area contributed by atoms with Crippen LogP contribution in [0, 0.1) is 0 Å². The molecule has 2 N–H and O–H groups in total. The molecule has 0 radical (unpaired) electrons. The lowest BCUT2D eigenvalue weighted by molar-refractivity contribution is 0.100. The van der Waals surface area contributed by atoms with Crippen LogP contribution in [0.2, 0.25) is 0 Å². The van der Waals surface area contributed by atoms with Gasteiger partial charge in [-0.05, 0) is 74.4 Å². The van der Waals surface area contributed by atoms with Crippen molar-refractivity contribution < 1.29 is 0 Å². The smallest absolute Gasteiger partial charge is 0.0345 e. The molecule has 1 aliphatic rings. The van der Waals surface area contributed by atoms with Gasteiger partial charge < -0.3 is 10.6 Å². The maximum atomic E-state index is 6.22. The summed E-state index contributed by atoms with van der Waals surface area (Å²) in [4.78, 5) is 6.51. The van der Waals surface area contributed by atoms with Gasteiger partial charge in [-0.15, -0.1) is 11.3 Å². The Balaban J connectivity index is 2.02. The molecule has 1 atom stereocenters. The van der Waals surface area contributed by atoms with Gasteiger partial charge in [-0.3, -0.25) is 4.90 Å². The zero-order chi connectivity index (χ0) is 15.3. The first-order valence-electron chi connectivity index (χ1n) is 7.96. The van der Waals surface area contributed by atoms with Crippen molar-refractivity contribution in [2.75, 3.05) is 33.2 Å². The molecular weight excluding hydrogens is 346 g/mol. The van der Waals surface area contributed by atoms with Gasteiger partial charge in [0.25, 0.3) is 0 Å². The second-order valence-electron chi connectivity index (χ2n) is 6.21. The fourth-order valence-corrected chi connectivity index (χ4v) is 4.86. The third-order valence-corrected chi connectivity index (χ3v) is 6.44. The number of thiophene rings is 1. The molecule has 0 aromatic carbocycles. The molecule has 5 heteroatoms. The van der Waals surface area contributed by atoms with Gasteiger partial charge in [0.2, 0.25) is 0 Å². The number of rotatable bonds is 6. The predicted octanol–water partition coefficient (Wildman–Crippen LogP) is 3.54. The maximum absolute atomic E-state index is 6.22. The van der Waals surface area contributed by atoms with Crippen molar-refractivity contribution in [2.24, 2.45) is 5.73 Å². The lowest BCUT2D eigenvalue weighted by atomic mass is 9.89. The van der Waals surface area contributed by atoms with Gasteiger partial charge in [0.15, 0.2) is 0 Å². The minimum Gasteiger partial charge on any atom is -0.329 e. The first-order valence-corrected chi connectivity index (χ1v) is 9.63. The Kier molecular flexibility index (Phi) is 6.69. The van der Waals surface area contributed by atoms with E-state index in [0.29, 0.717) is 0 Å². The van der Waals surface area contributed by atoms with Crippen molar-refractivity contribution in [3.8, 4) is 0 Å². The number of hydrogen-bond donors (Lipinski definition) is 1. The highest BCUT2D eigenvalue weighted by Gasteiger charge is 2.35. The van der Waals surface area contributed by atoms with Crippen LogP contribution >= 0.6 is 27.3 Å². The van der Waals surface area contributed by atoms with Gasteiger partial charge in [0, 0.05) is 33.4 Å². The van der Waals surface area contributed by atoms with Gasteiger partial charge >= 0.3 is 0 Å². The Morgan fingerprint density at radius 3 is 2.86 bits per heavy atom. The summed E-state index contributed by atoms with van der Waals surface area (Å²) in [7, 11) is 2.25. The topological polar surface area (TPSA) is 32.5 Å². The van der Waals surface area contributed by atoms with E-state index < -0.39 is 0 Å². The zero-order valence-corrected chi connectivity index (χ0v) is 15.7. The summed E-state index contributed by atoms with van der Waals surface area (Å²) in [5, 5.41) is 2.16. The van der Waals surface area contributed by atoms with E-state index in [-0.39, 0.29) is 5.54 Å². The molecular formula is C16H28BrN3S. The average molecular weight is 374 g/mol. The number of hydrogen-bond acceptors (Lipinski definition) is 4. The number of nitrogens with zero attached hydrogens (tertiary/aromatic N) is 2. The third kappa shape index (κ3) is 4.52. The molecule has 0 spiro atoms. The minimum absolute atomic E-state index is 0.166. The summed E-state index contributed by atoms with van der Waals surface area (Å²) in [6.07, 6.45) is 4.91. The van der Waals surface area contributed by atoms with Crippen molar-refractivity contribution in [2.45, 2.75) is 44.7 Å². The van der Waals surface area contributed by atoms with Crippen molar-refractivity contribution >= 4 is 27.3 Å². The molecule has 1 fully saturated rings. The maximum Gasteiger partial charge on any atom is 0.0345 e.